The Morgan fingerprint density at radius 3 is 2.79 bits per heavy atom. The molecule has 1 fully saturated rings. The molecule has 14 heavy (non-hydrogen) atoms. The van der Waals surface area contributed by atoms with E-state index in [1.807, 2.05) is 0 Å². The van der Waals surface area contributed by atoms with Crippen molar-refractivity contribution in [1.82, 2.24) is 10.2 Å². The van der Waals surface area contributed by atoms with Crippen LogP contribution < -0.4 is 11.1 Å². The minimum atomic E-state index is -0.401. The molecular formula is C10H21N3O. The summed E-state index contributed by atoms with van der Waals surface area (Å²) in [5.74, 6) is 0.475. The molecule has 1 amide bonds. The fourth-order valence-electron chi connectivity index (χ4n) is 1.88. The third kappa shape index (κ3) is 2.96. The zero-order valence-electron chi connectivity index (χ0n) is 9.29. The first-order valence-corrected chi connectivity index (χ1v) is 5.25. The largest absolute Gasteiger partial charge is 0.352 e. The average molecular weight is 199 g/mol. The van der Waals surface area contributed by atoms with Crippen molar-refractivity contribution in [3.8, 4) is 0 Å². The van der Waals surface area contributed by atoms with Crippen molar-refractivity contribution >= 4 is 5.91 Å². The molecule has 1 rings (SSSR count). The summed E-state index contributed by atoms with van der Waals surface area (Å²) in [5, 5.41) is 3.00. The topological polar surface area (TPSA) is 58.4 Å². The van der Waals surface area contributed by atoms with Gasteiger partial charge in [0.05, 0.1) is 6.04 Å². The van der Waals surface area contributed by atoms with Crippen LogP contribution in [0.3, 0.4) is 0 Å². The average Bonchev–Trinajstić information content (AvgIpc) is 2.09. The number of piperidine rings is 1. The highest BCUT2D eigenvalue weighted by Gasteiger charge is 2.25. The summed E-state index contributed by atoms with van der Waals surface area (Å²) >= 11 is 0. The highest BCUT2D eigenvalue weighted by Crippen LogP contribution is 2.15. The molecule has 0 aromatic heterocycles. The maximum Gasteiger partial charge on any atom is 0.236 e. The zero-order valence-corrected chi connectivity index (χ0v) is 9.29. The second-order valence-corrected chi connectivity index (χ2v) is 4.43. The van der Waals surface area contributed by atoms with Crippen molar-refractivity contribution in [2.45, 2.75) is 32.4 Å². The number of nitrogens with one attached hydrogen (secondary N) is 1. The second-order valence-electron chi connectivity index (χ2n) is 4.43. The number of rotatable bonds is 2. The molecule has 1 aliphatic heterocycles. The summed E-state index contributed by atoms with van der Waals surface area (Å²) in [7, 11) is 2.11. The van der Waals surface area contributed by atoms with Crippen LogP contribution in [0.15, 0.2) is 0 Å². The molecule has 0 aromatic rings. The van der Waals surface area contributed by atoms with Crippen LogP contribution in [-0.4, -0.2) is 43.0 Å². The standard InChI is InChI=1S/C10H21N3O/c1-7-6-13(3)5-4-9(7)12-10(14)8(2)11/h7-9H,4-6,11H2,1-3H3,(H,12,14)/t7?,8-,9?/m0/s1. The lowest BCUT2D eigenvalue weighted by molar-refractivity contribution is -0.123. The third-order valence-electron chi connectivity index (χ3n) is 2.85. The molecule has 0 aliphatic carbocycles. The van der Waals surface area contributed by atoms with Gasteiger partial charge in [0.15, 0.2) is 0 Å². The van der Waals surface area contributed by atoms with E-state index in [1.54, 1.807) is 6.92 Å². The predicted octanol–water partition coefficient (Wildman–Crippen LogP) is -0.210. The Morgan fingerprint density at radius 1 is 1.64 bits per heavy atom. The number of nitrogens with two attached hydrogens (primary N) is 1. The Bertz CT molecular complexity index is 206. The van der Waals surface area contributed by atoms with Crippen LogP contribution in [0, 0.1) is 5.92 Å². The van der Waals surface area contributed by atoms with Gasteiger partial charge in [0.1, 0.15) is 0 Å². The molecule has 0 aromatic carbocycles. The van der Waals surface area contributed by atoms with Gasteiger partial charge in [-0.25, -0.2) is 0 Å². The smallest absolute Gasteiger partial charge is 0.236 e. The Labute approximate surface area is 85.8 Å². The van der Waals surface area contributed by atoms with Gasteiger partial charge in [0.25, 0.3) is 0 Å². The minimum Gasteiger partial charge on any atom is -0.352 e. The maximum atomic E-state index is 11.4. The van der Waals surface area contributed by atoms with E-state index in [9.17, 15) is 4.79 Å². The summed E-state index contributed by atoms with van der Waals surface area (Å²) in [6.45, 7) is 5.98. The number of likely N-dealkylation sites (tertiary alicyclic amines) is 1. The van der Waals surface area contributed by atoms with Crippen molar-refractivity contribution in [1.29, 1.82) is 0 Å². The Morgan fingerprint density at radius 2 is 2.29 bits per heavy atom. The normalized spacial score (nSPS) is 31.1. The Balaban J connectivity index is 2.41. The van der Waals surface area contributed by atoms with Crippen molar-refractivity contribution in [3.63, 3.8) is 0 Å². The van der Waals surface area contributed by atoms with Crippen molar-refractivity contribution in [3.05, 3.63) is 0 Å². The van der Waals surface area contributed by atoms with E-state index in [4.69, 9.17) is 5.73 Å². The van der Waals surface area contributed by atoms with E-state index in [-0.39, 0.29) is 5.91 Å². The molecule has 1 aliphatic rings. The van der Waals surface area contributed by atoms with E-state index in [1.165, 1.54) is 0 Å². The number of carbonyl (C=O) groups is 1. The van der Waals surface area contributed by atoms with E-state index in [2.05, 4.69) is 24.2 Å². The van der Waals surface area contributed by atoms with Gasteiger partial charge in [-0.2, -0.15) is 0 Å². The summed E-state index contributed by atoms with van der Waals surface area (Å²) < 4.78 is 0. The number of carbonyl (C=O) groups excluding carboxylic acids is 1. The first kappa shape index (κ1) is 11.5. The highest BCUT2D eigenvalue weighted by molar-refractivity contribution is 5.81. The molecule has 3 N–H and O–H groups in total. The quantitative estimate of drug-likeness (QED) is 0.647. The Hall–Kier alpha value is -0.610. The lowest BCUT2D eigenvalue weighted by atomic mass is 9.94. The third-order valence-corrected chi connectivity index (χ3v) is 2.85. The summed E-state index contributed by atoms with van der Waals surface area (Å²) in [5.41, 5.74) is 5.50. The van der Waals surface area contributed by atoms with Crippen molar-refractivity contribution in [2.75, 3.05) is 20.1 Å². The molecular weight excluding hydrogens is 178 g/mol. The molecule has 0 bridgehead atoms. The van der Waals surface area contributed by atoms with Gasteiger partial charge < -0.3 is 16.0 Å². The summed E-state index contributed by atoms with van der Waals surface area (Å²) in [6, 6.07) is -0.105. The van der Waals surface area contributed by atoms with E-state index in [0.29, 0.717) is 12.0 Å². The lowest BCUT2D eigenvalue weighted by Crippen LogP contribution is -2.52. The van der Waals surface area contributed by atoms with Crippen LogP contribution >= 0.6 is 0 Å². The van der Waals surface area contributed by atoms with Gasteiger partial charge in [-0.05, 0) is 32.9 Å². The molecule has 0 spiro atoms. The molecule has 82 valence electrons. The molecule has 2 unspecified atom stereocenters. The molecule has 1 heterocycles. The van der Waals surface area contributed by atoms with Crippen LogP contribution in [0.2, 0.25) is 0 Å². The fraction of sp³-hybridized carbons (Fsp3) is 0.900. The van der Waals surface area contributed by atoms with Gasteiger partial charge >= 0.3 is 0 Å². The molecule has 4 heteroatoms. The highest BCUT2D eigenvalue weighted by atomic mass is 16.2. The first-order chi connectivity index (χ1) is 6.50. The van der Waals surface area contributed by atoms with Crippen molar-refractivity contribution < 1.29 is 4.79 Å². The lowest BCUT2D eigenvalue weighted by Gasteiger charge is -2.35. The van der Waals surface area contributed by atoms with Crippen LogP contribution in [0.1, 0.15) is 20.3 Å². The number of hydrogen-bond donors (Lipinski definition) is 2. The van der Waals surface area contributed by atoms with Gasteiger partial charge in [0, 0.05) is 12.6 Å². The summed E-state index contributed by atoms with van der Waals surface area (Å²) in [4.78, 5) is 13.7. The van der Waals surface area contributed by atoms with Crippen LogP contribution in [0.25, 0.3) is 0 Å². The number of amides is 1. The zero-order chi connectivity index (χ0) is 10.7. The van der Waals surface area contributed by atoms with Gasteiger partial charge in [0.2, 0.25) is 5.91 Å². The molecule has 3 atom stereocenters. The molecule has 4 nitrogen and oxygen atoms in total. The van der Waals surface area contributed by atoms with Crippen LogP contribution in [0.5, 0.6) is 0 Å². The monoisotopic (exact) mass is 199 g/mol. The Kier molecular flexibility index (Phi) is 3.89. The first-order valence-electron chi connectivity index (χ1n) is 5.25. The minimum absolute atomic E-state index is 0.0357. The molecule has 1 saturated heterocycles. The fourth-order valence-corrected chi connectivity index (χ4v) is 1.88. The van der Waals surface area contributed by atoms with E-state index < -0.39 is 6.04 Å². The summed E-state index contributed by atoms with van der Waals surface area (Å²) in [6.07, 6.45) is 1.02. The SMILES string of the molecule is CC1CN(C)CCC1NC(=O)[C@H](C)N. The molecule has 0 radical (unpaired) electrons. The van der Waals surface area contributed by atoms with Gasteiger partial charge in [-0.1, -0.05) is 6.92 Å². The van der Waals surface area contributed by atoms with Crippen LogP contribution in [0.4, 0.5) is 0 Å². The van der Waals surface area contributed by atoms with Crippen molar-refractivity contribution in [2.24, 2.45) is 11.7 Å². The van der Waals surface area contributed by atoms with E-state index >= 15 is 0 Å². The second kappa shape index (κ2) is 4.75. The maximum absolute atomic E-state index is 11.4. The van der Waals surface area contributed by atoms with E-state index in [0.717, 1.165) is 19.5 Å². The number of hydrogen-bond acceptors (Lipinski definition) is 3. The number of nitrogens with zero attached hydrogens (tertiary/aromatic N) is 1. The van der Waals surface area contributed by atoms with Gasteiger partial charge in [-0.3, -0.25) is 4.79 Å². The van der Waals surface area contributed by atoms with Gasteiger partial charge in [-0.15, -0.1) is 0 Å². The van der Waals surface area contributed by atoms with Crippen LogP contribution in [-0.2, 0) is 4.79 Å². The predicted molar refractivity (Wildman–Crippen MR) is 56.9 cm³/mol. The molecule has 0 saturated carbocycles.